The Morgan fingerprint density at radius 2 is 2.05 bits per heavy atom. The maximum atomic E-state index is 3.65. The van der Waals surface area contributed by atoms with Gasteiger partial charge in [0.05, 0.1) is 0 Å². The molecule has 1 fully saturated rings. The standard InChI is InChI=1S/C17H22N2S/c1-2-5-15(6-3-1)13-16-14-19(11-9-18-16)10-8-17-7-4-12-20-17/h1-7,12,16,18H,8-11,13-14H2. The Morgan fingerprint density at radius 1 is 1.15 bits per heavy atom. The van der Waals surface area contributed by atoms with Crippen LogP contribution in [0.25, 0.3) is 0 Å². The number of thiophene rings is 1. The van der Waals surface area contributed by atoms with Crippen LogP contribution < -0.4 is 5.32 Å². The first-order chi connectivity index (χ1) is 9.90. The summed E-state index contributed by atoms with van der Waals surface area (Å²) in [6.45, 7) is 4.65. The molecular weight excluding hydrogens is 264 g/mol. The molecule has 2 heterocycles. The van der Waals surface area contributed by atoms with Crippen LogP contribution in [0.2, 0.25) is 0 Å². The van der Waals surface area contributed by atoms with Crippen molar-refractivity contribution >= 4 is 11.3 Å². The highest BCUT2D eigenvalue weighted by molar-refractivity contribution is 7.09. The van der Waals surface area contributed by atoms with E-state index in [9.17, 15) is 0 Å². The van der Waals surface area contributed by atoms with Crippen LogP contribution in [0.1, 0.15) is 10.4 Å². The van der Waals surface area contributed by atoms with Crippen molar-refractivity contribution in [3.8, 4) is 0 Å². The molecule has 106 valence electrons. The second kappa shape index (κ2) is 7.02. The van der Waals surface area contributed by atoms with Crippen molar-refractivity contribution < 1.29 is 0 Å². The maximum Gasteiger partial charge on any atom is 0.0235 e. The van der Waals surface area contributed by atoms with Crippen molar-refractivity contribution in [2.45, 2.75) is 18.9 Å². The highest BCUT2D eigenvalue weighted by Crippen LogP contribution is 2.12. The van der Waals surface area contributed by atoms with Crippen LogP contribution in [0.15, 0.2) is 47.8 Å². The van der Waals surface area contributed by atoms with Crippen LogP contribution in [0, 0.1) is 0 Å². The molecule has 2 nitrogen and oxygen atoms in total. The highest BCUT2D eigenvalue weighted by atomic mass is 32.1. The first-order valence-corrected chi connectivity index (χ1v) is 8.30. The monoisotopic (exact) mass is 286 g/mol. The van der Waals surface area contributed by atoms with Gasteiger partial charge < -0.3 is 10.2 Å². The Hall–Kier alpha value is -1.16. The van der Waals surface area contributed by atoms with E-state index in [-0.39, 0.29) is 0 Å². The average molecular weight is 286 g/mol. The summed E-state index contributed by atoms with van der Waals surface area (Å²) in [5.41, 5.74) is 1.44. The van der Waals surface area contributed by atoms with Crippen LogP contribution in [0.5, 0.6) is 0 Å². The van der Waals surface area contributed by atoms with E-state index < -0.39 is 0 Å². The lowest BCUT2D eigenvalue weighted by atomic mass is 10.0. The molecule has 0 saturated carbocycles. The molecule has 1 atom stereocenters. The molecule has 1 aliphatic rings. The predicted octanol–water partition coefficient (Wildman–Crippen LogP) is 2.81. The average Bonchev–Trinajstić information content (AvgIpc) is 3.00. The SMILES string of the molecule is c1ccc(CC2CN(CCc3cccs3)CCN2)cc1. The minimum absolute atomic E-state index is 0.592. The largest absolute Gasteiger partial charge is 0.311 e. The molecule has 20 heavy (non-hydrogen) atoms. The second-order valence-electron chi connectivity index (χ2n) is 5.47. The number of rotatable bonds is 5. The van der Waals surface area contributed by atoms with Gasteiger partial charge in [0, 0.05) is 37.1 Å². The molecule has 0 bridgehead atoms. The minimum atomic E-state index is 0.592. The highest BCUT2D eigenvalue weighted by Gasteiger charge is 2.19. The Labute approximate surface area is 125 Å². The zero-order valence-electron chi connectivity index (χ0n) is 11.8. The van der Waals surface area contributed by atoms with Gasteiger partial charge in [-0.05, 0) is 29.9 Å². The number of nitrogens with one attached hydrogen (secondary N) is 1. The van der Waals surface area contributed by atoms with Crippen molar-refractivity contribution in [2.24, 2.45) is 0 Å². The van der Waals surface area contributed by atoms with Crippen LogP contribution in [0.3, 0.4) is 0 Å². The zero-order chi connectivity index (χ0) is 13.6. The number of benzene rings is 1. The molecule has 0 aliphatic carbocycles. The quantitative estimate of drug-likeness (QED) is 0.909. The molecule has 0 spiro atoms. The second-order valence-corrected chi connectivity index (χ2v) is 6.50. The third-order valence-electron chi connectivity index (χ3n) is 3.92. The smallest absolute Gasteiger partial charge is 0.0235 e. The van der Waals surface area contributed by atoms with Crippen molar-refractivity contribution in [3.63, 3.8) is 0 Å². The molecule has 1 N–H and O–H groups in total. The topological polar surface area (TPSA) is 15.3 Å². The number of piperazine rings is 1. The van der Waals surface area contributed by atoms with Gasteiger partial charge in [0.1, 0.15) is 0 Å². The third kappa shape index (κ3) is 3.92. The lowest BCUT2D eigenvalue weighted by Crippen LogP contribution is -2.51. The van der Waals surface area contributed by atoms with E-state index in [0.29, 0.717) is 6.04 Å². The van der Waals surface area contributed by atoms with Gasteiger partial charge in [-0.2, -0.15) is 0 Å². The first-order valence-electron chi connectivity index (χ1n) is 7.42. The van der Waals surface area contributed by atoms with Crippen molar-refractivity contribution in [3.05, 3.63) is 58.3 Å². The van der Waals surface area contributed by atoms with Crippen molar-refractivity contribution in [2.75, 3.05) is 26.2 Å². The summed E-state index contributed by atoms with van der Waals surface area (Å²) < 4.78 is 0. The van der Waals surface area contributed by atoms with Gasteiger partial charge in [0.2, 0.25) is 0 Å². The molecular formula is C17H22N2S. The van der Waals surface area contributed by atoms with Crippen LogP contribution in [0.4, 0.5) is 0 Å². The van der Waals surface area contributed by atoms with Crippen LogP contribution in [-0.2, 0) is 12.8 Å². The van der Waals surface area contributed by atoms with Crippen LogP contribution in [-0.4, -0.2) is 37.1 Å². The summed E-state index contributed by atoms with van der Waals surface area (Å²) in [6, 6.07) is 15.8. The lowest BCUT2D eigenvalue weighted by molar-refractivity contribution is 0.201. The molecule has 0 amide bonds. The van der Waals surface area contributed by atoms with E-state index in [1.807, 2.05) is 11.3 Å². The Balaban J connectivity index is 1.49. The fraction of sp³-hybridized carbons (Fsp3) is 0.412. The minimum Gasteiger partial charge on any atom is -0.311 e. The van der Waals surface area contributed by atoms with Crippen molar-refractivity contribution in [1.29, 1.82) is 0 Å². The number of hydrogen-bond acceptors (Lipinski definition) is 3. The van der Waals surface area contributed by atoms with E-state index in [1.165, 1.54) is 36.5 Å². The molecule has 1 aliphatic heterocycles. The maximum absolute atomic E-state index is 3.65. The molecule has 1 unspecified atom stereocenters. The Bertz CT molecular complexity index is 495. The van der Waals surface area contributed by atoms with E-state index in [0.717, 1.165) is 13.0 Å². The van der Waals surface area contributed by atoms with E-state index in [4.69, 9.17) is 0 Å². The fourth-order valence-electron chi connectivity index (χ4n) is 2.86. The van der Waals surface area contributed by atoms with Gasteiger partial charge in [-0.1, -0.05) is 36.4 Å². The van der Waals surface area contributed by atoms with E-state index >= 15 is 0 Å². The van der Waals surface area contributed by atoms with E-state index in [1.54, 1.807) is 0 Å². The number of nitrogens with zero attached hydrogens (tertiary/aromatic N) is 1. The van der Waals surface area contributed by atoms with Gasteiger partial charge >= 0.3 is 0 Å². The summed E-state index contributed by atoms with van der Waals surface area (Å²) in [6.07, 6.45) is 2.33. The number of hydrogen-bond donors (Lipinski definition) is 1. The summed E-state index contributed by atoms with van der Waals surface area (Å²) >= 11 is 1.87. The molecule has 1 aromatic heterocycles. The Kier molecular flexibility index (Phi) is 4.85. The van der Waals surface area contributed by atoms with Crippen molar-refractivity contribution in [1.82, 2.24) is 10.2 Å². The summed E-state index contributed by atoms with van der Waals surface area (Å²) in [4.78, 5) is 4.10. The first kappa shape index (κ1) is 13.8. The van der Waals surface area contributed by atoms with Gasteiger partial charge in [0.15, 0.2) is 0 Å². The Morgan fingerprint density at radius 3 is 2.85 bits per heavy atom. The molecule has 1 aromatic carbocycles. The van der Waals surface area contributed by atoms with Gasteiger partial charge in [-0.15, -0.1) is 11.3 Å². The van der Waals surface area contributed by atoms with Gasteiger partial charge in [-0.3, -0.25) is 0 Å². The predicted molar refractivity (Wildman–Crippen MR) is 86.4 cm³/mol. The lowest BCUT2D eigenvalue weighted by Gasteiger charge is -2.33. The fourth-order valence-corrected chi connectivity index (χ4v) is 3.55. The molecule has 1 saturated heterocycles. The van der Waals surface area contributed by atoms with Gasteiger partial charge in [0.25, 0.3) is 0 Å². The normalized spacial score (nSPS) is 20.1. The van der Waals surface area contributed by atoms with E-state index in [2.05, 4.69) is 58.1 Å². The van der Waals surface area contributed by atoms with Crippen LogP contribution >= 0.6 is 11.3 Å². The summed E-state index contributed by atoms with van der Waals surface area (Å²) in [5.74, 6) is 0. The summed E-state index contributed by atoms with van der Waals surface area (Å²) in [7, 11) is 0. The third-order valence-corrected chi connectivity index (χ3v) is 4.86. The van der Waals surface area contributed by atoms with Gasteiger partial charge in [-0.25, -0.2) is 0 Å². The molecule has 2 aromatic rings. The zero-order valence-corrected chi connectivity index (χ0v) is 12.6. The molecule has 0 radical (unpaired) electrons. The molecule has 3 rings (SSSR count). The molecule has 3 heteroatoms. The summed E-state index contributed by atoms with van der Waals surface area (Å²) in [5, 5.41) is 5.82.